The number of benzene rings is 1. The number of nitrogens with two attached hydrogens (primary N) is 1. The minimum absolute atomic E-state index is 0.311. The van der Waals surface area contributed by atoms with Crippen molar-refractivity contribution in [1.29, 1.82) is 0 Å². The third-order valence-corrected chi connectivity index (χ3v) is 2.56. The molecule has 0 amide bonds. The van der Waals surface area contributed by atoms with E-state index in [-0.39, 0.29) is 5.82 Å². The maximum Gasteiger partial charge on any atom is 0.146 e. The first kappa shape index (κ1) is 12.2. The predicted octanol–water partition coefficient (Wildman–Crippen LogP) is 2.86. The van der Waals surface area contributed by atoms with Crippen LogP contribution in [0.5, 0.6) is 5.75 Å². The van der Waals surface area contributed by atoms with Crippen molar-refractivity contribution in [2.75, 3.05) is 18.2 Å². The number of rotatable bonds is 3. The maximum atomic E-state index is 13.6. The topological polar surface area (TPSA) is 60.2 Å². The van der Waals surface area contributed by atoms with E-state index >= 15 is 0 Å². The molecule has 2 aromatic rings. The van der Waals surface area contributed by atoms with Crippen LogP contribution in [0.3, 0.4) is 0 Å². The molecule has 2 rings (SSSR count). The van der Waals surface area contributed by atoms with E-state index in [2.05, 4.69) is 10.3 Å². The molecule has 18 heavy (non-hydrogen) atoms. The monoisotopic (exact) mass is 247 g/mol. The Morgan fingerprint density at radius 3 is 2.72 bits per heavy atom. The molecule has 0 radical (unpaired) electrons. The molecule has 4 nitrogen and oxygen atoms in total. The number of hydrogen-bond donors (Lipinski definition) is 2. The molecule has 3 N–H and O–H groups in total. The number of nitrogen functional groups attached to an aromatic ring is 1. The molecule has 0 atom stereocenters. The molecule has 0 aliphatic heterocycles. The summed E-state index contributed by atoms with van der Waals surface area (Å²) in [6, 6.07) is 7.89. The Bertz CT molecular complexity index is 572. The van der Waals surface area contributed by atoms with Crippen LogP contribution in [0.25, 0.3) is 0 Å². The van der Waals surface area contributed by atoms with E-state index in [1.54, 1.807) is 31.2 Å². The van der Waals surface area contributed by atoms with Crippen LogP contribution >= 0.6 is 0 Å². The van der Waals surface area contributed by atoms with Crippen molar-refractivity contribution < 1.29 is 9.13 Å². The molecule has 0 aliphatic rings. The van der Waals surface area contributed by atoms with E-state index in [1.807, 2.05) is 0 Å². The van der Waals surface area contributed by atoms with E-state index in [0.29, 0.717) is 28.6 Å². The second-order valence-electron chi connectivity index (χ2n) is 3.84. The van der Waals surface area contributed by atoms with Crippen LogP contribution in [0.2, 0.25) is 0 Å². The Morgan fingerprint density at radius 1 is 1.28 bits per heavy atom. The van der Waals surface area contributed by atoms with Gasteiger partial charge in [0.05, 0.1) is 24.2 Å². The second kappa shape index (κ2) is 4.91. The van der Waals surface area contributed by atoms with Crippen molar-refractivity contribution in [2.24, 2.45) is 0 Å². The van der Waals surface area contributed by atoms with E-state index < -0.39 is 0 Å². The Balaban J connectivity index is 2.30. The normalized spacial score (nSPS) is 10.2. The SMILES string of the molecule is COc1ccc(F)c(Nc2ccc(N)c(C)n2)c1. The maximum absolute atomic E-state index is 13.6. The standard InChI is InChI=1S/C13H14FN3O/c1-8-11(15)5-6-13(16-8)17-12-7-9(18-2)3-4-10(12)14/h3-7H,15H2,1-2H3,(H,16,17). The van der Waals surface area contributed by atoms with Crippen LogP contribution in [0.1, 0.15) is 5.69 Å². The number of aryl methyl sites for hydroxylation is 1. The molecule has 0 saturated carbocycles. The Morgan fingerprint density at radius 2 is 2.06 bits per heavy atom. The van der Waals surface area contributed by atoms with E-state index in [0.717, 1.165) is 0 Å². The molecule has 1 aromatic carbocycles. The number of aromatic nitrogens is 1. The summed E-state index contributed by atoms with van der Waals surface area (Å²) in [6.07, 6.45) is 0. The highest BCUT2D eigenvalue weighted by atomic mass is 19.1. The van der Waals surface area contributed by atoms with Crippen LogP contribution < -0.4 is 15.8 Å². The highest BCUT2D eigenvalue weighted by Crippen LogP contribution is 2.24. The van der Waals surface area contributed by atoms with Gasteiger partial charge in [-0.25, -0.2) is 9.37 Å². The van der Waals surface area contributed by atoms with Crippen LogP contribution in [0.15, 0.2) is 30.3 Å². The summed E-state index contributed by atoms with van der Waals surface area (Å²) in [4.78, 5) is 4.22. The largest absolute Gasteiger partial charge is 0.497 e. The minimum Gasteiger partial charge on any atom is -0.497 e. The summed E-state index contributed by atoms with van der Waals surface area (Å²) in [5.74, 6) is 0.743. The summed E-state index contributed by atoms with van der Waals surface area (Å²) < 4.78 is 18.6. The third kappa shape index (κ3) is 2.51. The van der Waals surface area contributed by atoms with Gasteiger partial charge in [0.15, 0.2) is 0 Å². The second-order valence-corrected chi connectivity index (χ2v) is 3.84. The quantitative estimate of drug-likeness (QED) is 0.875. The van der Waals surface area contributed by atoms with Gasteiger partial charge in [-0.15, -0.1) is 0 Å². The van der Waals surface area contributed by atoms with Gasteiger partial charge in [0.25, 0.3) is 0 Å². The average molecular weight is 247 g/mol. The van der Waals surface area contributed by atoms with E-state index in [9.17, 15) is 4.39 Å². The highest BCUT2D eigenvalue weighted by molar-refractivity contribution is 5.61. The molecule has 0 bridgehead atoms. The molecule has 0 saturated heterocycles. The number of methoxy groups -OCH3 is 1. The lowest BCUT2D eigenvalue weighted by Crippen LogP contribution is -2.00. The molecule has 0 unspecified atom stereocenters. The fourth-order valence-electron chi connectivity index (χ4n) is 1.51. The summed E-state index contributed by atoms with van der Waals surface area (Å²) in [6.45, 7) is 1.79. The van der Waals surface area contributed by atoms with Crippen molar-refractivity contribution in [3.05, 3.63) is 41.8 Å². The third-order valence-electron chi connectivity index (χ3n) is 2.56. The molecular weight excluding hydrogens is 233 g/mol. The van der Waals surface area contributed by atoms with Crippen molar-refractivity contribution in [3.63, 3.8) is 0 Å². The zero-order chi connectivity index (χ0) is 13.1. The Hall–Kier alpha value is -2.30. The van der Waals surface area contributed by atoms with Gasteiger partial charge in [0.2, 0.25) is 0 Å². The smallest absolute Gasteiger partial charge is 0.146 e. The molecule has 0 spiro atoms. The first-order valence-electron chi connectivity index (χ1n) is 5.44. The van der Waals surface area contributed by atoms with Crippen molar-refractivity contribution >= 4 is 17.2 Å². The summed E-state index contributed by atoms with van der Waals surface area (Å²) in [5, 5.41) is 2.89. The van der Waals surface area contributed by atoms with Crippen LogP contribution in [-0.4, -0.2) is 12.1 Å². The molecule has 1 aromatic heterocycles. The van der Waals surface area contributed by atoms with Crippen LogP contribution in [-0.2, 0) is 0 Å². The molecule has 1 heterocycles. The number of ether oxygens (including phenoxy) is 1. The number of pyridine rings is 1. The van der Waals surface area contributed by atoms with Gasteiger partial charge in [-0.1, -0.05) is 0 Å². The van der Waals surface area contributed by atoms with Gasteiger partial charge < -0.3 is 15.8 Å². The Kier molecular flexibility index (Phi) is 3.32. The van der Waals surface area contributed by atoms with Gasteiger partial charge >= 0.3 is 0 Å². The Labute approximate surface area is 105 Å². The molecule has 0 fully saturated rings. The summed E-state index contributed by atoms with van der Waals surface area (Å²) in [5.41, 5.74) is 7.29. The lowest BCUT2D eigenvalue weighted by molar-refractivity contribution is 0.414. The fourth-order valence-corrected chi connectivity index (χ4v) is 1.51. The highest BCUT2D eigenvalue weighted by Gasteiger charge is 2.06. The van der Waals surface area contributed by atoms with Crippen molar-refractivity contribution in [2.45, 2.75) is 6.92 Å². The predicted molar refractivity (Wildman–Crippen MR) is 69.6 cm³/mol. The van der Waals surface area contributed by atoms with E-state index in [4.69, 9.17) is 10.5 Å². The average Bonchev–Trinajstić information content (AvgIpc) is 2.36. The van der Waals surface area contributed by atoms with Gasteiger partial charge in [-0.3, -0.25) is 0 Å². The zero-order valence-electron chi connectivity index (χ0n) is 10.2. The number of anilines is 3. The van der Waals surface area contributed by atoms with Crippen LogP contribution in [0, 0.1) is 12.7 Å². The van der Waals surface area contributed by atoms with Gasteiger partial charge in [-0.05, 0) is 31.2 Å². The summed E-state index contributed by atoms with van der Waals surface area (Å²) >= 11 is 0. The summed E-state index contributed by atoms with van der Waals surface area (Å²) in [7, 11) is 1.53. The van der Waals surface area contributed by atoms with E-state index in [1.165, 1.54) is 13.2 Å². The molecular formula is C13H14FN3O. The van der Waals surface area contributed by atoms with Crippen LogP contribution in [0.4, 0.5) is 21.6 Å². The molecule has 5 heteroatoms. The fraction of sp³-hybridized carbons (Fsp3) is 0.154. The number of hydrogen-bond acceptors (Lipinski definition) is 4. The van der Waals surface area contributed by atoms with Crippen molar-refractivity contribution in [1.82, 2.24) is 4.98 Å². The van der Waals surface area contributed by atoms with Gasteiger partial charge in [0.1, 0.15) is 17.4 Å². The van der Waals surface area contributed by atoms with Crippen molar-refractivity contribution in [3.8, 4) is 5.75 Å². The molecule has 0 aliphatic carbocycles. The minimum atomic E-state index is -0.368. The zero-order valence-corrected chi connectivity index (χ0v) is 10.2. The lowest BCUT2D eigenvalue weighted by Gasteiger charge is -2.09. The number of nitrogens with zero attached hydrogens (tertiary/aromatic N) is 1. The number of halogens is 1. The van der Waals surface area contributed by atoms with Gasteiger partial charge in [0, 0.05) is 6.07 Å². The first-order chi connectivity index (χ1) is 8.60. The lowest BCUT2D eigenvalue weighted by atomic mass is 10.2. The van der Waals surface area contributed by atoms with Gasteiger partial charge in [-0.2, -0.15) is 0 Å². The molecule has 94 valence electrons. The number of nitrogens with one attached hydrogen (secondary N) is 1. The first-order valence-corrected chi connectivity index (χ1v) is 5.44.